The fourth-order valence-corrected chi connectivity index (χ4v) is 8.33. The molecule has 7 nitrogen and oxygen atoms in total. The molecule has 0 aromatic heterocycles. The van der Waals surface area contributed by atoms with Gasteiger partial charge in [-0.3, -0.25) is 14.4 Å². The van der Waals surface area contributed by atoms with Crippen LogP contribution in [0.4, 0.5) is 0 Å². The van der Waals surface area contributed by atoms with Gasteiger partial charge in [0.25, 0.3) is 0 Å². The number of hydrogen-bond acceptors (Lipinski definition) is 5. The van der Waals surface area contributed by atoms with Crippen molar-refractivity contribution < 1.29 is 19.5 Å². The maximum Gasteiger partial charge on any atom is 0.244 e. The number of unbranched alkanes of at least 4 members (excludes halogenated alkanes) is 1. The lowest BCUT2D eigenvalue weighted by molar-refractivity contribution is -0.143. The van der Waals surface area contributed by atoms with E-state index in [1.54, 1.807) is 23.7 Å². The zero-order chi connectivity index (χ0) is 22.2. The SMILES string of the molecule is CCCCNC(=O)C1N([C@@H](CO)CC(C)C)C(=O)[C@@H]2[C@@H](C(=O)NC)[C@H]3CC(C)C12S3. The Kier molecular flexibility index (Phi) is 7.07. The Balaban J connectivity index is 2.05. The molecule has 3 heterocycles. The summed E-state index contributed by atoms with van der Waals surface area (Å²) >= 11 is 1.67. The van der Waals surface area contributed by atoms with Gasteiger partial charge in [0.05, 0.1) is 29.2 Å². The summed E-state index contributed by atoms with van der Waals surface area (Å²) < 4.78 is -0.611. The van der Waals surface area contributed by atoms with Gasteiger partial charge in [-0.05, 0) is 31.1 Å². The Morgan fingerprint density at radius 1 is 1.33 bits per heavy atom. The van der Waals surface area contributed by atoms with Crippen LogP contribution < -0.4 is 10.6 Å². The summed E-state index contributed by atoms with van der Waals surface area (Å²) in [5.41, 5.74) is 0. The van der Waals surface area contributed by atoms with Gasteiger partial charge < -0.3 is 20.6 Å². The summed E-state index contributed by atoms with van der Waals surface area (Å²) in [5, 5.41) is 16.0. The normalized spacial score (nSPS) is 35.6. The van der Waals surface area contributed by atoms with Gasteiger partial charge in [0.2, 0.25) is 17.7 Å². The van der Waals surface area contributed by atoms with Gasteiger partial charge in [0.1, 0.15) is 6.04 Å². The van der Waals surface area contributed by atoms with Gasteiger partial charge >= 0.3 is 0 Å². The smallest absolute Gasteiger partial charge is 0.244 e. The predicted octanol–water partition coefficient (Wildman–Crippen LogP) is 1.39. The quantitative estimate of drug-likeness (QED) is 0.472. The molecule has 3 saturated heterocycles. The van der Waals surface area contributed by atoms with Crippen molar-refractivity contribution in [1.82, 2.24) is 15.5 Å². The number of rotatable bonds is 9. The largest absolute Gasteiger partial charge is 0.394 e. The number of nitrogens with zero attached hydrogens (tertiary/aromatic N) is 1. The van der Waals surface area contributed by atoms with E-state index in [0.29, 0.717) is 13.0 Å². The van der Waals surface area contributed by atoms with Crippen molar-refractivity contribution in [3.05, 3.63) is 0 Å². The number of carbonyl (C=O) groups excluding carboxylic acids is 3. The molecule has 30 heavy (non-hydrogen) atoms. The Morgan fingerprint density at radius 3 is 2.60 bits per heavy atom. The molecule has 1 spiro atoms. The van der Waals surface area contributed by atoms with Crippen molar-refractivity contribution in [2.45, 2.75) is 75.5 Å². The number of nitrogens with one attached hydrogen (secondary N) is 2. The first-order chi connectivity index (χ1) is 14.2. The lowest BCUT2D eigenvalue weighted by atomic mass is 9.66. The molecule has 0 aromatic carbocycles. The van der Waals surface area contributed by atoms with E-state index < -0.39 is 28.7 Å². The van der Waals surface area contributed by atoms with E-state index in [4.69, 9.17) is 0 Å². The molecular formula is C22H37N3O4S. The van der Waals surface area contributed by atoms with Crippen LogP contribution in [-0.2, 0) is 14.4 Å². The molecule has 0 radical (unpaired) electrons. The highest BCUT2D eigenvalue weighted by molar-refractivity contribution is 8.02. The zero-order valence-corrected chi connectivity index (χ0v) is 19.6. The number of amides is 3. The average molecular weight is 440 g/mol. The standard InChI is InChI=1S/C22H37N3O4S/c1-6-7-8-24-20(28)18-22-13(4)10-15(30-22)16(19(27)23-5)17(22)21(29)25(18)14(11-26)9-12(2)3/h12-18,26H,6-11H2,1-5H3,(H,23,27)(H,24,28)/t13?,14-,15-,16+,17+,18?,22?/m1/s1. The Bertz CT molecular complexity index is 687. The van der Waals surface area contributed by atoms with E-state index >= 15 is 0 Å². The number of hydrogen-bond donors (Lipinski definition) is 3. The van der Waals surface area contributed by atoms with Crippen LogP contribution in [0.2, 0.25) is 0 Å². The molecule has 170 valence electrons. The number of aliphatic hydroxyl groups excluding tert-OH is 1. The second kappa shape index (κ2) is 9.07. The van der Waals surface area contributed by atoms with E-state index in [1.165, 1.54) is 0 Å². The fourth-order valence-electron chi connectivity index (χ4n) is 5.92. The first-order valence-electron chi connectivity index (χ1n) is 11.3. The average Bonchev–Trinajstić information content (AvgIpc) is 3.29. The number of thioether (sulfide) groups is 1. The van der Waals surface area contributed by atoms with Gasteiger partial charge in [-0.1, -0.05) is 34.1 Å². The summed E-state index contributed by atoms with van der Waals surface area (Å²) in [5.74, 6) is -0.909. The van der Waals surface area contributed by atoms with Crippen LogP contribution in [0.15, 0.2) is 0 Å². The summed E-state index contributed by atoms with van der Waals surface area (Å²) in [6, 6.07) is -1.07. The molecule has 0 saturated carbocycles. The monoisotopic (exact) mass is 439 g/mol. The van der Waals surface area contributed by atoms with Crippen molar-refractivity contribution in [2.75, 3.05) is 20.2 Å². The second-order valence-corrected chi connectivity index (χ2v) is 11.1. The van der Waals surface area contributed by atoms with E-state index in [2.05, 4.69) is 38.3 Å². The van der Waals surface area contributed by atoms with Crippen LogP contribution >= 0.6 is 11.8 Å². The third-order valence-electron chi connectivity index (χ3n) is 7.16. The number of likely N-dealkylation sites (tertiary alicyclic amines) is 1. The molecule has 2 bridgehead atoms. The van der Waals surface area contributed by atoms with Gasteiger partial charge in [-0.25, -0.2) is 0 Å². The minimum Gasteiger partial charge on any atom is -0.394 e. The third kappa shape index (κ3) is 3.53. The topological polar surface area (TPSA) is 98.7 Å². The van der Waals surface area contributed by atoms with Crippen LogP contribution in [0.3, 0.4) is 0 Å². The Hall–Kier alpha value is -1.28. The maximum atomic E-state index is 13.8. The minimum absolute atomic E-state index is 0.0552. The highest BCUT2D eigenvalue weighted by Gasteiger charge is 2.76. The summed E-state index contributed by atoms with van der Waals surface area (Å²) in [6.45, 7) is 8.67. The van der Waals surface area contributed by atoms with Gasteiger partial charge in [-0.15, -0.1) is 11.8 Å². The maximum absolute atomic E-state index is 13.8. The summed E-state index contributed by atoms with van der Waals surface area (Å²) in [4.78, 5) is 41.7. The molecule has 3 aliphatic heterocycles. The zero-order valence-electron chi connectivity index (χ0n) is 18.8. The predicted molar refractivity (Wildman–Crippen MR) is 118 cm³/mol. The second-order valence-electron chi connectivity index (χ2n) is 9.52. The van der Waals surface area contributed by atoms with Crippen molar-refractivity contribution in [3.8, 4) is 0 Å². The van der Waals surface area contributed by atoms with E-state index in [9.17, 15) is 19.5 Å². The van der Waals surface area contributed by atoms with Crippen molar-refractivity contribution in [3.63, 3.8) is 0 Å². The van der Waals surface area contributed by atoms with Gasteiger partial charge in [0.15, 0.2) is 0 Å². The summed E-state index contributed by atoms with van der Waals surface area (Å²) in [6.07, 6.45) is 3.30. The molecule has 3 aliphatic rings. The number of fused-ring (bicyclic) bond motifs is 1. The lowest BCUT2D eigenvalue weighted by Gasteiger charge is -2.40. The molecular weight excluding hydrogens is 402 g/mol. The van der Waals surface area contributed by atoms with E-state index in [-0.39, 0.29) is 41.4 Å². The van der Waals surface area contributed by atoms with Crippen LogP contribution in [0.5, 0.6) is 0 Å². The molecule has 8 heteroatoms. The molecule has 3 unspecified atom stereocenters. The van der Waals surface area contributed by atoms with Crippen molar-refractivity contribution >= 4 is 29.5 Å². The van der Waals surface area contributed by atoms with E-state index in [1.807, 2.05) is 0 Å². The first kappa shape index (κ1) is 23.4. The lowest BCUT2D eigenvalue weighted by Crippen LogP contribution is -2.58. The van der Waals surface area contributed by atoms with Crippen molar-refractivity contribution in [1.29, 1.82) is 0 Å². The van der Waals surface area contributed by atoms with Crippen LogP contribution in [0, 0.1) is 23.7 Å². The Labute approximate surface area is 184 Å². The highest BCUT2D eigenvalue weighted by Crippen LogP contribution is 2.68. The van der Waals surface area contributed by atoms with Crippen LogP contribution in [0.1, 0.15) is 53.4 Å². The molecule has 3 N–H and O–H groups in total. The summed E-state index contributed by atoms with van der Waals surface area (Å²) in [7, 11) is 1.61. The first-order valence-corrected chi connectivity index (χ1v) is 12.2. The third-order valence-corrected chi connectivity index (χ3v) is 9.23. The Morgan fingerprint density at radius 2 is 2.03 bits per heavy atom. The van der Waals surface area contributed by atoms with Crippen molar-refractivity contribution in [2.24, 2.45) is 23.7 Å². The number of aliphatic hydroxyl groups is 1. The van der Waals surface area contributed by atoms with E-state index in [0.717, 1.165) is 19.3 Å². The van der Waals surface area contributed by atoms with Gasteiger partial charge in [-0.2, -0.15) is 0 Å². The fraction of sp³-hybridized carbons (Fsp3) is 0.864. The van der Waals surface area contributed by atoms with Crippen LogP contribution in [-0.4, -0.2) is 70.0 Å². The highest BCUT2D eigenvalue weighted by atomic mass is 32.2. The molecule has 3 amide bonds. The molecule has 7 atom stereocenters. The molecule has 0 aromatic rings. The molecule has 0 aliphatic carbocycles. The number of carbonyl (C=O) groups is 3. The molecule has 3 rings (SSSR count). The molecule has 3 fully saturated rings. The minimum atomic E-state index is -0.651. The van der Waals surface area contributed by atoms with Gasteiger partial charge in [0, 0.05) is 18.8 Å². The van der Waals surface area contributed by atoms with Crippen LogP contribution in [0.25, 0.3) is 0 Å².